The van der Waals surface area contributed by atoms with Crippen LogP contribution in [0.4, 0.5) is 0 Å². The molecule has 0 aliphatic rings. The molecule has 2 aromatic rings. The average Bonchev–Trinajstić information content (AvgIpc) is 2.76. The minimum absolute atomic E-state index is 0.309. The minimum Gasteiger partial charge on any atom is -0.268 e. The predicted octanol–water partition coefficient (Wildman–Crippen LogP) is 2.09. The lowest BCUT2D eigenvalue weighted by atomic mass is 10.2. The Morgan fingerprint density at radius 2 is 1.95 bits per heavy atom. The van der Waals surface area contributed by atoms with Crippen LogP contribution in [0.1, 0.15) is 17.0 Å². The molecule has 0 aliphatic carbocycles. The Bertz CT molecular complexity index is 719. The number of hydrogen-bond donors (Lipinski definition) is 1. The Kier molecular flexibility index (Phi) is 4.93. The lowest BCUT2D eigenvalue weighted by Crippen LogP contribution is -2.26. The summed E-state index contributed by atoms with van der Waals surface area (Å²) in [6.07, 6.45) is 1.58. The molecule has 0 aliphatic heterocycles. The summed E-state index contributed by atoms with van der Waals surface area (Å²) in [7, 11) is -3.43. The molecule has 0 saturated carbocycles. The second kappa shape index (κ2) is 6.69. The Morgan fingerprint density at radius 3 is 2.57 bits per heavy atom. The Balaban J connectivity index is 1.90. The zero-order valence-corrected chi connectivity index (χ0v) is 13.0. The fourth-order valence-electron chi connectivity index (χ4n) is 1.98. The predicted molar refractivity (Wildman–Crippen MR) is 84.1 cm³/mol. The number of nitrogens with one attached hydrogen (secondary N) is 1. The number of benzene rings is 1. The van der Waals surface area contributed by atoms with Crippen molar-refractivity contribution in [1.29, 1.82) is 0 Å². The number of aryl methyl sites for hydroxylation is 2. The molecule has 1 N–H and O–H groups in total. The lowest BCUT2D eigenvalue weighted by Gasteiger charge is -2.05. The molecule has 0 saturated heterocycles. The van der Waals surface area contributed by atoms with Gasteiger partial charge in [-0.05, 0) is 31.6 Å². The molecular formula is C15H19N3O2S. The van der Waals surface area contributed by atoms with Crippen molar-refractivity contribution in [3.8, 4) is 0 Å². The fourth-order valence-corrected chi connectivity index (χ4v) is 2.78. The quantitative estimate of drug-likeness (QED) is 0.889. The van der Waals surface area contributed by atoms with E-state index < -0.39 is 10.0 Å². The maximum Gasteiger partial charge on any atom is 0.233 e. The normalized spacial score (nSPS) is 12.1. The van der Waals surface area contributed by atoms with Crippen molar-refractivity contribution < 1.29 is 8.42 Å². The number of hydrogen-bond acceptors (Lipinski definition) is 3. The standard InChI is InChI=1S/C15H19N3O2S/c1-13-12-14(2)18(17-13)10-9-16-21(19,20)11-8-15-6-4-3-5-7-15/h3-8,11-12,16H,9-10H2,1-2H3/b11-8+. The summed E-state index contributed by atoms with van der Waals surface area (Å²) in [6, 6.07) is 11.3. The van der Waals surface area contributed by atoms with Crippen LogP contribution < -0.4 is 4.72 Å². The summed E-state index contributed by atoms with van der Waals surface area (Å²) < 4.78 is 28.0. The van der Waals surface area contributed by atoms with Crippen LogP contribution in [0.3, 0.4) is 0 Å². The molecule has 0 bridgehead atoms. The molecule has 2 rings (SSSR count). The van der Waals surface area contributed by atoms with Crippen LogP contribution in [0.25, 0.3) is 6.08 Å². The van der Waals surface area contributed by atoms with Crippen LogP contribution in [-0.2, 0) is 16.6 Å². The van der Waals surface area contributed by atoms with Gasteiger partial charge in [0.25, 0.3) is 0 Å². The maximum absolute atomic E-state index is 11.9. The molecule has 112 valence electrons. The van der Waals surface area contributed by atoms with E-state index in [1.165, 1.54) is 5.41 Å². The molecular weight excluding hydrogens is 286 g/mol. The first-order valence-corrected chi connectivity index (χ1v) is 8.25. The maximum atomic E-state index is 11.9. The van der Waals surface area contributed by atoms with Crippen LogP contribution in [0.2, 0.25) is 0 Å². The van der Waals surface area contributed by atoms with E-state index in [4.69, 9.17) is 0 Å². The molecule has 1 heterocycles. The van der Waals surface area contributed by atoms with Crippen LogP contribution in [0, 0.1) is 13.8 Å². The minimum atomic E-state index is -3.43. The van der Waals surface area contributed by atoms with Gasteiger partial charge in [0.15, 0.2) is 0 Å². The van der Waals surface area contributed by atoms with Gasteiger partial charge in [0.1, 0.15) is 0 Å². The van der Waals surface area contributed by atoms with Crippen molar-refractivity contribution >= 4 is 16.1 Å². The van der Waals surface area contributed by atoms with Gasteiger partial charge in [-0.15, -0.1) is 0 Å². The highest BCUT2D eigenvalue weighted by Gasteiger charge is 2.06. The Labute approximate surface area is 125 Å². The summed E-state index contributed by atoms with van der Waals surface area (Å²) in [4.78, 5) is 0. The highest BCUT2D eigenvalue weighted by atomic mass is 32.2. The van der Waals surface area contributed by atoms with Crippen molar-refractivity contribution in [2.24, 2.45) is 0 Å². The van der Waals surface area contributed by atoms with E-state index >= 15 is 0 Å². The zero-order valence-electron chi connectivity index (χ0n) is 12.2. The van der Waals surface area contributed by atoms with E-state index in [2.05, 4.69) is 9.82 Å². The van der Waals surface area contributed by atoms with E-state index in [0.717, 1.165) is 17.0 Å². The van der Waals surface area contributed by atoms with Crippen LogP contribution in [-0.4, -0.2) is 24.7 Å². The van der Waals surface area contributed by atoms with Crippen molar-refractivity contribution in [1.82, 2.24) is 14.5 Å². The first-order chi connectivity index (χ1) is 9.96. The second-order valence-corrected chi connectivity index (χ2v) is 6.45. The monoisotopic (exact) mass is 305 g/mol. The third kappa shape index (κ3) is 4.84. The topological polar surface area (TPSA) is 64.0 Å². The number of aromatic nitrogens is 2. The van der Waals surface area contributed by atoms with E-state index in [1.807, 2.05) is 50.2 Å². The highest BCUT2D eigenvalue weighted by Crippen LogP contribution is 2.03. The summed E-state index contributed by atoms with van der Waals surface area (Å²) in [5.74, 6) is 0. The van der Waals surface area contributed by atoms with Gasteiger partial charge in [0.2, 0.25) is 10.0 Å². The zero-order chi connectivity index (χ0) is 15.3. The van der Waals surface area contributed by atoms with Gasteiger partial charge in [-0.25, -0.2) is 13.1 Å². The van der Waals surface area contributed by atoms with Gasteiger partial charge in [-0.2, -0.15) is 5.10 Å². The molecule has 1 aromatic carbocycles. The van der Waals surface area contributed by atoms with Crippen molar-refractivity contribution in [2.75, 3.05) is 6.54 Å². The molecule has 0 fully saturated rings. The molecule has 6 heteroatoms. The van der Waals surface area contributed by atoms with Crippen LogP contribution in [0.15, 0.2) is 41.8 Å². The smallest absolute Gasteiger partial charge is 0.233 e. The Hall–Kier alpha value is -1.92. The van der Waals surface area contributed by atoms with Gasteiger partial charge in [0, 0.05) is 17.6 Å². The second-order valence-electron chi connectivity index (χ2n) is 4.80. The molecule has 0 spiro atoms. The summed E-state index contributed by atoms with van der Waals surface area (Å²) in [5.41, 5.74) is 2.80. The molecule has 0 atom stereocenters. The van der Waals surface area contributed by atoms with Gasteiger partial charge < -0.3 is 0 Å². The first-order valence-electron chi connectivity index (χ1n) is 6.70. The van der Waals surface area contributed by atoms with Gasteiger partial charge in [-0.1, -0.05) is 30.3 Å². The largest absolute Gasteiger partial charge is 0.268 e. The summed E-state index contributed by atoms with van der Waals surface area (Å²) in [6.45, 7) is 4.68. The Morgan fingerprint density at radius 1 is 1.24 bits per heavy atom. The number of rotatable bonds is 6. The van der Waals surface area contributed by atoms with E-state index in [-0.39, 0.29) is 0 Å². The van der Waals surface area contributed by atoms with E-state index in [0.29, 0.717) is 13.1 Å². The fraction of sp³-hybridized carbons (Fsp3) is 0.267. The van der Waals surface area contributed by atoms with Gasteiger partial charge in [-0.3, -0.25) is 4.68 Å². The summed E-state index contributed by atoms with van der Waals surface area (Å²) in [5, 5.41) is 5.47. The number of sulfonamides is 1. The molecule has 21 heavy (non-hydrogen) atoms. The lowest BCUT2D eigenvalue weighted by molar-refractivity contribution is 0.560. The molecule has 0 amide bonds. The SMILES string of the molecule is Cc1cc(C)n(CCNS(=O)(=O)/C=C/c2ccccc2)n1. The number of nitrogens with zero attached hydrogens (tertiary/aromatic N) is 2. The third-order valence-corrected chi connectivity index (χ3v) is 4.07. The van der Waals surface area contributed by atoms with Crippen LogP contribution >= 0.6 is 0 Å². The van der Waals surface area contributed by atoms with Crippen LogP contribution in [0.5, 0.6) is 0 Å². The summed E-state index contributed by atoms with van der Waals surface area (Å²) >= 11 is 0. The van der Waals surface area contributed by atoms with Crippen molar-refractivity contribution in [3.05, 3.63) is 58.8 Å². The van der Waals surface area contributed by atoms with E-state index in [1.54, 1.807) is 10.8 Å². The molecule has 5 nitrogen and oxygen atoms in total. The highest BCUT2D eigenvalue weighted by molar-refractivity contribution is 7.92. The van der Waals surface area contributed by atoms with Gasteiger partial charge >= 0.3 is 0 Å². The van der Waals surface area contributed by atoms with Gasteiger partial charge in [0.05, 0.1) is 12.2 Å². The first kappa shape index (κ1) is 15.5. The molecule has 1 aromatic heterocycles. The molecule has 0 radical (unpaired) electrons. The van der Waals surface area contributed by atoms with Crippen molar-refractivity contribution in [2.45, 2.75) is 20.4 Å². The van der Waals surface area contributed by atoms with Crippen molar-refractivity contribution in [3.63, 3.8) is 0 Å². The molecule has 0 unspecified atom stereocenters. The average molecular weight is 305 g/mol. The van der Waals surface area contributed by atoms with E-state index in [9.17, 15) is 8.42 Å². The third-order valence-electron chi connectivity index (χ3n) is 2.97.